The van der Waals surface area contributed by atoms with E-state index in [1.165, 1.54) is 31.4 Å². The Balaban J connectivity index is 2.03. The minimum absolute atomic E-state index is 0.130. The Morgan fingerprint density at radius 2 is 1.69 bits per heavy atom. The van der Waals surface area contributed by atoms with Crippen molar-refractivity contribution in [3.8, 4) is 5.75 Å². The molecular weight excluding hydrogens is 357 g/mol. The molecule has 0 aliphatic carbocycles. The normalized spacial score (nSPS) is 14.3. The monoisotopic (exact) mass is 373 g/mol. The van der Waals surface area contributed by atoms with Gasteiger partial charge in [-0.05, 0) is 42.0 Å². The molecule has 0 saturated carbocycles. The maximum absolute atomic E-state index is 13.2. The molecule has 0 saturated heterocycles. The van der Waals surface area contributed by atoms with E-state index in [1.54, 1.807) is 24.3 Å². The van der Waals surface area contributed by atoms with Gasteiger partial charge in [-0.2, -0.15) is 0 Å². The molecule has 0 bridgehead atoms. The molecule has 1 aliphatic heterocycles. The summed E-state index contributed by atoms with van der Waals surface area (Å²) in [6.07, 6.45) is 0. The van der Waals surface area contributed by atoms with Crippen LogP contribution in [0.25, 0.3) is 5.57 Å². The SMILES string of the molecule is COc1ccc(N2C(=O)C(SCCO)=C(c3ccc(F)cc3)C2=O)cc1. The number of hydrogen-bond acceptors (Lipinski definition) is 5. The third kappa shape index (κ3) is 3.36. The number of ether oxygens (including phenoxy) is 1. The average molecular weight is 373 g/mol. The summed E-state index contributed by atoms with van der Waals surface area (Å²) in [6.45, 7) is -0.130. The summed E-state index contributed by atoms with van der Waals surface area (Å²) in [4.78, 5) is 27.2. The molecule has 5 nitrogen and oxygen atoms in total. The van der Waals surface area contributed by atoms with E-state index in [-0.39, 0.29) is 22.8 Å². The van der Waals surface area contributed by atoms with E-state index in [4.69, 9.17) is 9.84 Å². The molecule has 0 aromatic heterocycles. The molecule has 0 radical (unpaired) electrons. The van der Waals surface area contributed by atoms with E-state index in [1.807, 2.05) is 0 Å². The van der Waals surface area contributed by atoms with Gasteiger partial charge in [0.2, 0.25) is 0 Å². The first-order valence-corrected chi connectivity index (χ1v) is 8.82. The van der Waals surface area contributed by atoms with Gasteiger partial charge in [0, 0.05) is 5.75 Å². The molecule has 0 fully saturated rings. The van der Waals surface area contributed by atoms with Gasteiger partial charge in [0.05, 0.1) is 29.9 Å². The zero-order valence-electron chi connectivity index (χ0n) is 13.9. The molecule has 0 atom stereocenters. The lowest BCUT2D eigenvalue weighted by Crippen LogP contribution is -2.31. The molecule has 26 heavy (non-hydrogen) atoms. The topological polar surface area (TPSA) is 66.8 Å². The molecule has 2 aromatic rings. The number of carbonyl (C=O) groups excluding carboxylic acids is 2. The summed E-state index contributed by atoms with van der Waals surface area (Å²) in [7, 11) is 1.53. The molecule has 2 amide bonds. The van der Waals surface area contributed by atoms with Crippen molar-refractivity contribution >= 4 is 34.8 Å². The molecule has 1 N–H and O–H groups in total. The molecule has 0 spiro atoms. The number of carbonyl (C=O) groups is 2. The van der Waals surface area contributed by atoms with E-state index in [9.17, 15) is 14.0 Å². The van der Waals surface area contributed by atoms with Crippen molar-refractivity contribution in [2.45, 2.75) is 0 Å². The summed E-state index contributed by atoms with van der Waals surface area (Å²) in [5, 5.41) is 9.10. The minimum atomic E-state index is -0.479. The van der Waals surface area contributed by atoms with Crippen molar-refractivity contribution in [2.75, 3.05) is 24.4 Å². The van der Waals surface area contributed by atoms with Crippen molar-refractivity contribution in [3.05, 3.63) is 64.8 Å². The first kappa shape index (κ1) is 18.2. The largest absolute Gasteiger partial charge is 0.497 e. The van der Waals surface area contributed by atoms with Gasteiger partial charge in [-0.3, -0.25) is 9.59 Å². The third-order valence-electron chi connectivity index (χ3n) is 3.84. The fraction of sp³-hybridized carbons (Fsp3) is 0.158. The molecule has 7 heteroatoms. The molecule has 0 unspecified atom stereocenters. The van der Waals surface area contributed by atoms with Crippen molar-refractivity contribution < 1.29 is 23.8 Å². The van der Waals surface area contributed by atoms with Crippen LogP contribution >= 0.6 is 11.8 Å². The Kier molecular flexibility index (Phi) is 5.39. The van der Waals surface area contributed by atoms with Gasteiger partial charge in [-0.25, -0.2) is 9.29 Å². The van der Waals surface area contributed by atoms with Crippen molar-refractivity contribution in [3.63, 3.8) is 0 Å². The lowest BCUT2D eigenvalue weighted by atomic mass is 10.1. The number of aliphatic hydroxyl groups excluding tert-OH is 1. The zero-order valence-corrected chi connectivity index (χ0v) is 14.8. The standard InChI is InChI=1S/C19H16FNO4S/c1-25-15-8-6-14(7-9-15)21-18(23)16(12-2-4-13(20)5-3-12)17(19(21)24)26-11-10-22/h2-9,22H,10-11H2,1H3. The number of nitrogens with zero attached hydrogens (tertiary/aromatic N) is 1. The van der Waals surface area contributed by atoms with Gasteiger partial charge < -0.3 is 9.84 Å². The molecule has 2 aromatic carbocycles. The molecule has 1 heterocycles. The van der Waals surface area contributed by atoms with E-state index < -0.39 is 17.6 Å². The first-order chi connectivity index (χ1) is 12.6. The number of halogens is 1. The van der Waals surface area contributed by atoms with E-state index in [0.717, 1.165) is 16.7 Å². The lowest BCUT2D eigenvalue weighted by molar-refractivity contribution is -0.119. The van der Waals surface area contributed by atoms with Gasteiger partial charge in [-0.1, -0.05) is 12.1 Å². The number of hydrogen-bond donors (Lipinski definition) is 1. The second-order valence-electron chi connectivity index (χ2n) is 5.43. The second kappa shape index (κ2) is 7.72. The van der Waals surface area contributed by atoms with E-state index in [2.05, 4.69) is 0 Å². The summed E-state index contributed by atoms with van der Waals surface area (Å²) in [6, 6.07) is 12.0. The summed E-state index contributed by atoms with van der Waals surface area (Å²) in [5.74, 6) is -0.488. The maximum Gasteiger partial charge on any atom is 0.272 e. The summed E-state index contributed by atoms with van der Waals surface area (Å²) >= 11 is 1.11. The number of amides is 2. The highest BCUT2D eigenvalue weighted by atomic mass is 32.2. The quantitative estimate of drug-likeness (QED) is 0.789. The van der Waals surface area contributed by atoms with Crippen LogP contribution in [0.4, 0.5) is 10.1 Å². The highest BCUT2D eigenvalue weighted by Crippen LogP contribution is 2.38. The Hall–Kier alpha value is -2.64. The van der Waals surface area contributed by atoms with E-state index >= 15 is 0 Å². The molecule has 3 rings (SSSR count). The van der Waals surface area contributed by atoms with Gasteiger partial charge in [-0.15, -0.1) is 11.8 Å². The Morgan fingerprint density at radius 1 is 1.04 bits per heavy atom. The fourth-order valence-electron chi connectivity index (χ4n) is 2.63. The zero-order chi connectivity index (χ0) is 18.7. The third-order valence-corrected chi connectivity index (χ3v) is 4.90. The van der Waals surface area contributed by atoms with Crippen LogP contribution < -0.4 is 9.64 Å². The van der Waals surface area contributed by atoms with Gasteiger partial charge in [0.25, 0.3) is 11.8 Å². The minimum Gasteiger partial charge on any atom is -0.497 e. The predicted molar refractivity (Wildman–Crippen MR) is 98.4 cm³/mol. The molecule has 134 valence electrons. The summed E-state index contributed by atoms with van der Waals surface area (Å²) < 4.78 is 18.3. The predicted octanol–water partition coefficient (Wildman–Crippen LogP) is 2.84. The number of rotatable bonds is 6. The van der Waals surface area contributed by atoms with Crippen LogP contribution in [0.3, 0.4) is 0 Å². The highest BCUT2D eigenvalue weighted by Gasteiger charge is 2.40. The van der Waals surface area contributed by atoms with Crippen LogP contribution in [0.1, 0.15) is 5.56 Å². The number of anilines is 1. The van der Waals surface area contributed by atoms with Gasteiger partial charge in [0.15, 0.2) is 0 Å². The maximum atomic E-state index is 13.2. The van der Waals surface area contributed by atoms with Crippen LogP contribution in [0.2, 0.25) is 0 Å². The number of aliphatic hydroxyl groups is 1. The van der Waals surface area contributed by atoms with E-state index in [0.29, 0.717) is 17.0 Å². The summed E-state index contributed by atoms with van der Waals surface area (Å²) in [5.41, 5.74) is 1.09. The Labute approximate surface area is 154 Å². The van der Waals surface area contributed by atoms with Crippen LogP contribution in [-0.2, 0) is 9.59 Å². The Bertz CT molecular complexity index is 862. The van der Waals surface area contributed by atoms with Crippen molar-refractivity contribution in [1.29, 1.82) is 0 Å². The van der Waals surface area contributed by atoms with Gasteiger partial charge in [0.1, 0.15) is 11.6 Å². The second-order valence-corrected chi connectivity index (χ2v) is 6.53. The fourth-order valence-corrected chi connectivity index (χ4v) is 3.49. The number of benzene rings is 2. The van der Waals surface area contributed by atoms with Crippen LogP contribution in [-0.4, -0.2) is 36.4 Å². The van der Waals surface area contributed by atoms with Crippen molar-refractivity contribution in [2.24, 2.45) is 0 Å². The smallest absolute Gasteiger partial charge is 0.272 e. The lowest BCUT2D eigenvalue weighted by Gasteiger charge is -2.15. The number of imide groups is 1. The van der Waals surface area contributed by atoms with Crippen LogP contribution in [0.5, 0.6) is 5.75 Å². The van der Waals surface area contributed by atoms with Crippen LogP contribution in [0.15, 0.2) is 53.4 Å². The average Bonchev–Trinajstić information content (AvgIpc) is 2.91. The van der Waals surface area contributed by atoms with Crippen LogP contribution in [0, 0.1) is 5.82 Å². The van der Waals surface area contributed by atoms with Crippen molar-refractivity contribution in [1.82, 2.24) is 0 Å². The Morgan fingerprint density at radius 3 is 2.27 bits per heavy atom. The van der Waals surface area contributed by atoms with Gasteiger partial charge >= 0.3 is 0 Å². The number of thioether (sulfide) groups is 1. The molecular formula is C19H16FNO4S. The first-order valence-electron chi connectivity index (χ1n) is 7.83. The number of methoxy groups -OCH3 is 1. The molecule has 1 aliphatic rings. The highest BCUT2D eigenvalue weighted by molar-refractivity contribution is 8.04.